The first-order valence-electron chi connectivity index (χ1n) is 4.91. The molecular formula is C10H10N4O2. The van der Waals surface area contributed by atoms with Crippen molar-refractivity contribution in [3.63, 3.8) is 0 Å². The van der Waals surface area contributed by atoms with Gasteiger partial charge in [-0.25, -0.2) is 0 Å². The van der Waals surface area contributed by atoms with E-state index in [-0.39, 0.29) is 22.6 Å². The maximum atomic E-state index is 11.6. The Morgan fingerprint density at radius 3 is 3.06 bits per heavy atom. The highest BCUT2D eigenvalue weighted by atomic mass is 16.3. The van der Waals surface area contributed by atoms with Crippen molar-refractivity contribution in [3.8, 4) is 11.9 Å². The van der Waals surface area contributed by atoms with Crippen LogP contribution >= 0.6 is 0 Å². The van der Waals surface area contributed by atoms with Crippen LogP contribution in [0.25, 0.3) is 5.65 Å². The Bertz CT molecular complexity index is 633. The minimum Gasteiger partial charge on any atom is -0.493 e. The Kier molecular flexibility index (Phi) is 2.37. The molecule has 0 saturated carbocycles. The molecule has 2 aromatic heterocycles. The summed E-state index contributed by atoms with van der Waals surface area (Å²) in [6, 6.07) is 1.89. The minimum atomic E-state index is -0.371. The van der Waals surface area contributed by atoms with Crippen LogP contribution in [0.3, 0.4) is 0 Å². The van der Waals surface area contributed by atoms with Crippen LogP contribution in [-0.2, 0) is 6.42 Å². The summed E-state index contributed by atoms with van der Waals surface area (Å²) in [4.78, 5) is 14.2. The number of rotatable bonds is 2. The van der Waals surface area contributed by atoms with E-state index in [2.05, 4.69) is 10.1 Å². The van der Waals surface area contributed by atoms with E-state index in [0.29, 0.717) is 12.0 Å². The molecule has 2 rings (SSSR count). The van der Waals surface area contributed by atoms with E-state index in [0.717, 1.165) is 6.42 Å². The molecule has 0 bridgehead atoms. The summed E-state index contributed by atoms with van der Waals surface area (Å²) in [6.07, 6.45) is 2.52. The second-order valence-corrected chi connectivity index (χ2v) is 3.44. The van der Waals surface area contributed by atoms with E-state index in [4.69, 9.17) is 5.26 Å². The molecule has 2 aromatic rings. The van der Waals surface area contributed by atoms with Gasteiger partial charge in [0, 0.05) is 0 Å². The zero-order chi connectivity index (χ0) is 11.7. The molecule has 0 fully saturated rings. The van der Waals surface area contributed by atoms with Crippen molar-refractivity contribution in [2.75, 3.05) is 0 Å². The fourth-order valence-corrected chi connectivity index (χ4v) is 1.60. The normalized spacial score (nSPS) is 10.5. The smallest absolute Gasteiger partial charge is 0.258 e. The van der Waals surface area contributed by atoms with Crippen molar-refractivity contribution >= 4 is 5.65 Å². The molecule has 2 heterocycles. The van der Waals surface area contributed by atoms with Crippen LogP contribution in [0, 0.1) is 11.3 Å². The zero-order valence-electron chi connectivity index (χ0n) is 8.69. The number of aromatic amines is 1. The van der Waals surface area contributed by atoms with Gasteiger partial charge in [-0.15, -0.1) is 0 Å². The van der Waals surface area contributed by atoms with Crippen LogP contribution in [0.4, 0.5) is 0 Å². The average Bonchev–Trinajstić information content (AvgIpc) is 2.67. The van der Waals surface area contributed by atoms with Gasteiger partial charge in [0.15, 0.2) is 5.65 Å². The Morgan fingerprint density at radius 2 is 2.44 bits per heavy atom. The molecule has 0 spiro atoms. The predicted molar refractivity (Wildman–Crippen MR) is 56.2 cm³/mol. The second kappa shape index (κ2) is 3.70. The van der Waals surface area contributed by atoms with Crippen molar-refractivity contribution in [1.82, 2.24) is 14.6 Å². The number of aromatic nitrogens is 3. The Labute approximate surface area is 90.8 Å². The number of fused-ring (bicyclic) bond motifs is 1. The van der Waals surface area contributed by atoms with Gasteiger partial charge in [-0.1, -0.05) is 13.3 Å². The van der Waals surface area contributed by atoms with E-state index in [1.807, 2.05) is 13.0 Å². The predicted octanol–water partition coefficient (Wildman–Crippen LogP) is 0.552. The van der Waals surface area contributed by atoms with Gasteiger partial charge >= 0.3 is 0 Å². The number of nitrogens with one attached hydrogen (secondary N) is 1. The third kappa shape index (κ3) is 1.34. The molecule has 0 atom stereocenters. The van der Waals surface area contributed by atoms with Gasteiger partial charge in [-0.3, -0.25) is 4.79 Å². The van der Waals surface area contributed by atoms with Gasteiger partial charge in [0.2, 0.25) is 5.88 Å². The standard InChI is InChI=1S/C10H10N4O2/c1-2-3-7-9(15)13-8-6(4-11)5-12-14(8)10(7)16/h5,16H,2-3H2,1H3,(H,13,15). The summed E-state index contributed by atoms with van der Waals surface area (Å²) >= 11 is 0. The number of H-pyrrole nitrogens is 1. The van der Waals surface area contributed by atoms with Crippen molar-refractivity contribution in [2.45, 2.75) is 19.8 Å². The molecule has 2 N–H and O–H groups in total. The third-order valence-corrected chi connectivity index (χ3v) is 2.37. The summed E-state index contributed by atoms with van der Waals surface area (Å²) in [5.74, 6) is -0.192. The summed E-state index contributed by atoms with van der Waals surface area (Å²) in [5, 5.41) is 22.5. The first-order chi connectivity index (χ1) is 7.69. The number of nitriles is 1. The summed E-state index contributed by atoms with van der Waals surface area (Å²) < 4.78 is 1.17. The Balaban J connectivity index is 2.81. The third-order valence-electron chi connectivity index (χ3n) is 2.37. The fraction of sp³-hybridized carbons (Fsp3) is 0.300. The van der Waals surface area contributed by atoms with Crippen LogP contribution < -0.4 is 5.56 Å². The molecule has 0 radical (unpaired) electrons. The van der Waals surface area contributed by atoms with Crippen LogP contribution in [0.2, 0.25) is 0 Å². The van der Waals surface area contributed by atoms with Crippen LogP contribution in [0.15, 0.2) is 11.0 Å². The van der Waals surface area contributed by atoms with Gasteiger partial charge in [-0.05, 0) is 6.42 Å². The van der Waals surface area contributed by atoms with E-state index >= 15 is 0 Å². The molecule has 0 saturated heterocycles. The lowest BCUT2D eigenvalue weighted by Crippen LogP contribution is -2.15. The lowest BCUT2D eigenvalue weighted by atomic mass is 10.2. The van der Waals surface area contributed by atoms with Crippen molar-refractivity contribution in [2.24, 2.45) is 0 Å². The molecule has 16 heavy (non-hydrogen) atoms. The molecule has 0 unspecified atom stereocenters. The van der Waals surface area contributed by atoms with E-state index < -0.39 is 0 Å². The monoisotopic (exact) mass is 218 g/mol. The molecule has 82 valence electrons. The van der Waals surface area contributed by atoms with Crippen LogP contribution in [-0.4, -0.2) is 19.7 Å². The van der Waals surface area contributed by atoms with Crippen molar-refractivity contribution < 1.29 is 5.11 Å². The molecule has 0 aliphatic rings. The van der Waals surface area contributed by atoms with E-state index in [1.165, 1.54) is 10.7 Å². The molecule has 0 aliphatic heterocycles. The van der Waals surface area contributed by atoms with E-state index in [9.17, 15) is 9.90 Å². The zero-order valence-corrected chi connectivity index (χ0v) is 8.69. The first kappa shape index (κ1) is 10.2. The summed E-state index contributed by atoms with van der Waals surface area (Å²) in [6.45, 7) is 1.91. The maximum Gasteiger partial charge on any atom is 0.258 e. The van der Waals surface area contributed by atoms with E-state index in [1.54, 1.807) is 0 Å². The number of hydrogen-bond donors (Lipinski definition) is 2. The average molecular weight is 218 g/mol. The molecule has 0 aliphatic carbocycles. The maximum absolute atomic E-state index is 11.6. The largest absolute Gasteiger partial charge is 0.493 e. The summed E-state index contributed by atoms with van der Waals surface area (Å²) in [7, 11) is 0. The highest BCUT2D eigenvalue weighted by Crippen LogP contribution is 2.16. The molecular weight excluding hydrogens is 208 g/mol. The van der Waals surface area contributed by atoms with Gasteiger partial charge in [0.05, 0.1) is 11.8 Å². The molecule has 0 aromatic carbocycles. The number of hydrogen-bond acceptors (Lipinski definition) is 4. The number of aromatic hydroxyl groups is 1. The van der Waals surface area contributed by atoms with Gasteiger partial charge in [0.1, 0.15) is 11.6 Å². The van der Waals surface area contributed by atoms with Crippen LogP contribution in [0.5, 0.6) is 5.88 Å². The van der Waals surface area contributed by atoms with Crippen molar-refractivity contribution in [1.29, 1.82) is 5.26 Å². The Morgan fingerprint density at radius 1 is 1.69 bits per heavy atom. The quantitative estimate of drug-likeness (QED) is 0.769. The van der Waals surface area contributed by atoms with Gasteiger partial charge in [-0.2, -0.15) is 14.9 Å². The van der Waals surface area contributed by atoms with Gasteiger partial charge < -0.3 is 10.1 Å². The number of nitrogens with zero attached hydrogens (tertiary/aromatic N) is 3. The lowest BCUT2D eigenvalue weighted by molar-refractivity contribution is 0.426. The molecule has 6 heteroatoms. The molecule has 6 nitrogen and oxygen atoms in total. The summed E-state index contributed by atoms with van der Waals surface area (Å²) in [5.41, 5.74) is 0.381. The van der Waals surface area contributed by atoms with Gasteiger partial charge in [0.25, 0.3) is 5.56 Å². The highest BCUT2D eigenvalue weighted by Gasteiger charge is 2.14. The minimum absolute atomic E-state index is 0.192. The second-order valence-electron chi connectivity index (χ2n) is 3.44. The Hall–Kier alpha value is -2.29. The first-order valence-corrected chi connectivity index (χ1v) is 4.91. The lowest BCUT2D eigenvalue weighted by Gasteiger charge is -2.03. The fourth-order valence-electron chi connectivity index (χ4n) is 1.60. The SMILES string of the molecule is CCCc1c(O)n2ncc(C#N)c2[nH]c1=O. The van der Waals surface area contributed by atoms with Crippen LogP contribution in [0.1, 0.15) is 24.5 Å². The molecule has 0 amide bonds. The highest BCUT2D eigenvalue weighted by molar-refractivity contribution is 5.55. The topological polar surface area (TPSA) is 94.2 Å². The van der Waals surface area contributed by atoms with Crippen molar-refractivity contribution in [3.05, 3.63) is 27.7 Å².